The second-order valence-electron chi connectivity index (χ2n) is 7.84. The quantitative estimate of drug-likeness (QED) is 0.621. The van der Waals surface area contributed by atoms with E-state index in [1.807, 2.05) is 30.3 Å². The molecule has 0 spiro atoms. The van der Waals surface area contributed by atoms with Crippen LogP contribution >= 0.6 is 0 Å². The molecule has 3 aromatic carbocycles. The minimum atomic E-state index is -0.490. The molecule has 1 aliphatic heterocycles. The van der Waals surface area contributed by atoms with Crippen LogP contribution in [0.4, 0.5) is 0 Å². The first-order valence-corrected chi connectivity index (χ1v) is 10.7. The number of β-amino-alcohol motifs (C(OH)–C–C–N with tert-alkyl or cyclic N) is 1. The summed E-state index contributed by atoms with van der Waals surface area (Å²) in [5.41, 5.74) is 2.65. The second-order valence-corrected chi connectivity index (χ2v) is 7.84. The van der Waals surface area contributed by atoms with Crippen LogP contribution in [0.3, 0.4) is 0 Å². The number of aliphatic hydroxyl groups is 1. The highest BCUT2D eigenvalue weighted by molar-refractivity contribution is 5.32. The minimum Gasteiger partial charge on any atom is -0.491 e. The van der Waals surface area contributed by atoms with Crippen molar-refractivity contribution in [2.75, 3.05) is 39.3 Å². The Bertz CT molecular complexity index is 826. The summed E-state index contributed by atoms with van der Waals surface area (Å²) >= 11 is 0. The van der Waals surface area contributed by atoms with Gasteiger partial charge >= 0.3 is 0 Å². The molecule has 0 saturated carbocycles. The summed E-state index contributed by atoms with van der Waals surface area (Å²) in [6.07, 6.45) is -0.490. The highest BCUT2D eigenvalue weighted by Crippen LogP contribution is 2.29. The zero-order valence-electron chi connectivity index (χ0n) is 17.3. The number of benzene rings is 3. The zero-order chi connectivity index (χ0) is 20.6. The first kappa shape index (κ1) is 20.6. The minimum absolute atomic E-state index is 0.265. The van der Waals surface area contributed by atoms with Crippen LogP contribution in [0.1, 0.15) is 17.2 Å². The van der Waals surface area contributed by atoms with Crippen LogP contribution in [0, 0.1) is 0 Å². The predicted molar refractivity (Wildman–Crippen MR) is 121 cm³/mol. The van der Waals surface area contributed by atoms with Gasteiger partial charge in [-0.05, 0) is 23.3 Å². The van der Waals surface area contributed by atoms with Crippen LogP contribution in [0.25, 0.3) is 0 Å². The van der Waals surface area contributed by atoms with Crippen LogP contribution in [0.2, 0.25) is 0 Å². The van der Waals surface area contributed by atoms with E-state index in [2.05, 4.69) is 70.5 Å². The van der Waals surface area contributed by atoms with Crippen LogP contribution in [-0.4, -0.2) is 60.3 Å². The van der Waals surface area contributed by atoms with E-state index in [9.17, 15) is 5.11 Å². The third-order valence-corrected chi connectivity index (χ3v) is 5.66. The maximum absolute atomic E-state index is 10.4. The Kier molecular flexibility index (Phi) is 7.14. The van der Waals surface area contributed by atoms with Gasteiger partial charge in [-0.25, -0.2) is 0 Å². The van der Waals surface area contributed by atoms with Gasteiger partial charge in [0.25, 0.3) is 0 Å². The van der Waals surface area contributed by atoms with Crippen molar-refractivity contribution in [1.82, 2.24) is 9.80 Å². The molecule has 3 aromatic rings. The molecule has 1 aliphatic rings. The zero-order valence-corrected chi connectivity index (χ0v) is 17.3. The molecule has 0 radical (unpaired) electrons. The number of piperazine rings is 1. The number of rotatable bonds is 8. The predicted octanol–water partition coefficient (Wildman–Crippen LogP) is 3.83. The molecule has 4 heteroatoms. The Hall–Kier alpha value is -2.66. The van der Waals surface area contributed by atoms with Gasteiger partial charge in [-0.15, -0.1) is 0 Å². The number of hydrogen-bond donors (Lipinski definition) is 1. The van der Waals surface area contributed by atoms with Gasteiger partial charge in [0.15, 0.2) is 0 Å². The van der Waals surface area contributed by atoms with Crippen molar-refractivity contribution in [3.05, 3.63) is 102 Å². The Morgan fingerprint density at radius 2 is 1.20 bits per heavy atom. The summed E-state index contributed by atoms with van der Waals surface area (Å²) in [4.78, 5) is 4.89. The second kappa shape index (κ2) is 10.4. The largest absolute Gasteiger partial charge is 0.491 e. The number of ether oxygens (including phenoxy) is 1. The molecule has 1 atom stereocenters. The standard InChI is InChI=1S/C26H30N2O2/c29-24(21-30-25-14-8-3-9-15-25)20-27-16-18-28(19-17-27)26(22-10-4-1-5-11-22)23-12-6-2-7-13-23/h1-15,24,26,29H,16-21H2/t24-/m1/s1. The van der Waals surface area contributed by atoms with Crippen molar-refractivity contribution in [2.24, 2.45) is 0 Å². The fraction of sp³-hybridized carbons (Fsp3) is 0.308. The maximum Gasteiger partial charge on any atom is 0.119 e. The normalized spacial score (nSPS) is 16.5. The van der Waals surface area contributed by atoms with Crippen molar-refractivity contribution in [3.8, 4) is 5.75 Å². The van der Waals surface area contributed by atoms with Crippen LogP contribution < -0.4 is 4.74 Å². The van der Waals surface area contributed by atoms with Crippen molar-refractivity contribution in [3.63, 3.8) is 0 Å². The number of para-hydroxylation sites is 1. The summed E-state index contributed by atoms with van der Waals surface area (Å²) in [6, 6.07) is 31.4. The van der Waals surface area contributed by atoms with Gasteiger partial charge < -0.3 is 9.84 Å². The monoisotopic (exact) mass is 402 g/mol. The summed E-state index contributed by atoms with van der Waals surface area (Å²) < 4.78 is 5.70. The average molecular weight is 403 g/mol. The van der Waals surface area contributed by atoms with Crippen LogP contribution in [-0.2, 0) is 0 Å². The van der Waals surface area contributed by atoms with E-state index >= 15 is 0 Å². The number of aliphatic hydroxyl groups excluding tert-OH is 1. The third-order valence-electron chi connectivity index (χ3n) is 5.66. The summed E-state index contributed by atoms with van der Waals surface area (Å²) in [7, 11) is 0. The Morgan fingerprint density at radius 1 is 0.700 bits per heavy atom. The smallest absolute Gasteiger partial charge is 0.119 e. The van der Waals surface area contributed by atoms with E-state index in [-0.39, 0.29) is 6.04 Å². The van der Waals surface area contributed by atoms with Gasteiger partial charge in [0, 0.05) is 32.7 Å². The SMILES string of the molecule is O[C@@H](COc1ccccc1)CN1CCN(C(c2ccccc2)c2ccccc2)CC1. The summed E-state index contributed by atoms with van der Waals surface area (Å²) in [6.45, 7) is 4.79. The van der Waals surface area contributed by atoms with Gasteiger partial charge in [0.2, 0.25) is 0 Å². The first-order valence-electron chi connectivity index (χ1n) is 10.7. The molecule has 1 saturated heterocycles. The highest BCUT2D eigenvalue weighted by Gasteiger charge is 2.27. The molecule has 0 amide bonds. The molecular formula is C26H30N2O2. The third kappa shape index (κ3) is 5.48. The molecular weight excluding hydrogens is 372 g/mol. The Labute approximate surface area is 179 Å². The van der Waals surface area contributed by atoms with Gasteiger partial charge in [-0.1, -0.05) is 78.9 Å². The average Bonchev–Trinajstić information content (AvgIpc) is 2.81. The lowest BCUT2D eigenvalue weighted by atomic mass is 9.96. The topological polar surface area (TPSA) is 35.9 Å². The van der Waals surface area contributed by atoms with Crippen molar-refractivity contribution in [1.29, 1.82) is 0 Å². The molecule has 156 valence electrons. The molecule has 1 N–H and O–H groups in total. The van der Waals surface area contributed by atoms with E-state index in [4.69, 9.17) is 4.74 Å². The van der Waals surface area contributed by atoms with Gasteiger partial charge in [0.1, 0.15) is 18.5 Å². The molecule has 30 heavy (non-hydrogen) atoms. The van der Waals surface area contributed by atoms with Crippen LogP contribution in [0.5, 0.6) is 5.75 Å². The number of nitrogens with zero attached hydrogens (tertiary/aromatic N) is 2. The first-order chi connectivity index (χ1) is 14.8. The van der Waals surface area contributed by atoms with E-state index in [1.165, 1.54) is 11.1 Å². The molecule has 0 aromatic heterocycles. The molecule has 0 unspecified atom stereocenters. The Balaban J connectivity index is 1.33. The van der Waals surface area contributed by atoms with Crippen molar-refractivity contribution < 1.29 is 9.84 Å². The summed E-state index contributed by atoms with van der Waals surface area (Å²) in [5, 5.41) is 10.4. The van der Waals surface area contributed by atoms with E-state index in [1.54, 1.807) is 0 Å². The van der Waals surface area contributed by atoms with Gasteiger partial charge in [-0.3, -0.25) is 9.80 Å². The fourth-order valence-electron chi connectivity index (χ4n) is 4.15. The number of hydrogen-bond acceptors (Lipinski definition) is 4. The maximum atomic E-state index is 10.4. The van der Waals surface area contributed by atoms with Crippen molar-refractivity contribution >= 4 is 0 Å². The van der Waals surface area contributed by atoms with E-state index in [0.29, 0.717) is 13.2 Å². The van der Waals surface area contributed by atoms with E-state index < -0.39 is 6.10 Å². The van der Waals surface area contributed by atoms with E-state index in [0.717, 1.165) is 31.9 Å². The molecule has 0 bridgehead atoms. The molecule has 4 nitrogen and oxygen atoms in total. The lowest BCUT2D eigenvalue weighted by Crippen LogP contribution is -2.50. The Morgan fingerprint density at radius 3 is 1.73 bits per heavy atom. The van der Waals surface area contributed by atoms with Crippen LogP contribution in [0.15, 0.2) is 91.0 Å². The van der Waals surface area contributed by atoms with Gasteiger partial charge in [-0.2, -0.15) is 0 Å². The molecule has 1 fully saturated rings. The molecule has 0 aliphatic carbocycles. The van der Waals surface area contributed by atoms with Gasteiger partial charge in [0.05, 0.1) is 6.04 Å². The van der Waals surface area contributed by atoms with Crippen molar-refractivity contribution in [2.45, 2.75) is 12.1 Å². The highest BCUT2D eigenvalue weighted by atomic mass is 16.5. The summed E-state index contributed by atoms with van der Waals surface area (Å²) in [5.74, 6) is 0.801. The molecule has 1 heterocycles. The fourth-order valence-corrected chi connectivity index (χ4v) is 4.15. The lowest BCUT2D eigenvalue weighted by Gasteiger charge is -2.40. The molecule has 4 rings (SSSR count). The lowest BCUT2D eigenvalue weighted by molar-refractivity contribution is 0.0401.